The average molecular weight is 514 g/mol. The lowest BCUT2D eigenvalue weighted by molar-refractivity contribution is -0.147. The van der Waals surface area contributed by atoms with E-state index in [9.17, 15) is 23.2 Å². The molecule has 9 nitrogen and oxygen atoms in total. The third-order valence-electron chi connectivity index (χ3n) is 5.12. The van der Waals surface area contributed by atoms with Crippen LogP contribution in [0.3, 0.4) is 0 Å². The standard InChI is InChI=1S/C26H24F2N2O7/c1-16(31)36-15-37-25-22(34-2)11-12-29-24(25)26(33)30-13-23(32)35-14-21(17-3-7-19(27)8-4-17)18-5-9-20(28)10-6-18/h3-12,21H,13-15H2,1-2H3,(H,30,33). The predicted molar refractivity (Wildman–Crippen MR) is 126 cm³/mol. The number of methoxy groups -OCH3 is 1. The summed E-state index contributed by atoms with van der Waals surface area (Å²) in [5.74, 6) is -3.37. The number of pyridine rings is 1. The maximum Gasteiger partial charge on any atom is 0.325 e. The van der Waals surface area contributed by atoms with Gasteiger partial charge in [-0.3, -0.25) is 14.4 Å². The van der Waals surface area contributed by atoms with Crippen LogP contribution in [0.4, 0.5) is 8.78 Å². The van der Waals surface area contributed by atoms with Crippen LogP contribution < -0.4 is 14.8 Å². The number of hydrogen-bond acceptors (Lipinski definition) is 8. The molecule has 3 rings (SSSR count). The molecule has 1 amide bonds. The fourth-order valence-corrected chi connectivity index (χ4v) is 3.30. The van der Waals surface area contributed by atoms with Crippen molar-refractivity contribution in [3.63, 3.8) is 0 Å². The minimum Gasteiger partial charge on any atom is -0.493 e. The lowest BCUT2D eigenvalue weighted by Gasteiger charge is -2.18. The zero-order valence-electron chi connectivity index (χ0n) is 20.0. The van der Waals surface area contributed by atoms with Crippen molar-refractivity contribution in [3.05, 3.63) is 89.2 Å². The van der Waals surface area contributed by atoms with Crippen molar-refractivity contribution in [2.45, 2.75) is 12.8 Å². The number of esters is 2. The second-order valence-corrected chi connectivity index (χ2v) is 7.61. The first kappa shape index (κ1) is 27.1. The van der Waals surface area contributed by atoms with Crippen LogP contribution in [0, 0.1) is 11.6 Å². The van der Waals surface area contributed by atoms with Crippen LogP contribution >= 0.6 is 0 Å². The number of amides is 1. The van der Waals surface area contributed by atoms with Crippen LogP contribution in [0.25, 0.3) is 0 Å². The summed E-state index contributed by atoms with van der Waals surface area (Å²) in [6.07, 6.45) is 1.31. The van der Waals surface area contributed by atoms with E-state index in [-0.39, 0.29) is 23.8 Å². The number of ether oxygens (including phenoxy) is 4. The summed E-state index contributed by atoms with van der Waals surface area (Å²) in [6.45, 7) is 0.0778. The number of aromatic nitrogens is 1. The van der Waals surface area contributed by atoms with Crippen molar-refractivity contribution in [2.24, 2.45) is 0 Å². The number of carbonyl (C=O) groups excluding carboxylic acids is 3. The van der Waals surface area contributed by atoms with Crippen molar-refractivity contribution >= 4 is 17.8 Å². The van der Waals surface area contributed by atoms with Gasteiger partial charge in [0.2, 0.25) is 6.79 Å². The summed E-state index contributed by atoms with van der Waals surface area (Å²) < 4.78 is 47.4. The van der Waals surface area contributed by atoms with Gasteiger partial charge in [0.15, 0.2) is 17.2 Å². The van der Waals surface area contributed by atoms with Gasteiger partial charge < -0.3 is 24.3 Å². The minimum atomic E-state index is -0.762. The Labute approximate surface area is 211 Å². The van der Waals surface area contributed by atoms with Crippen LogP contribution in [0.15, 0.2) is 60.8 Å². The van der Waals surface area contributed by atoms with Crippen molar-refractivity contribution in [1.29, 1.82) is 0 Å². The van der Waals surface area contributed by atoms with Gasteiger partial charge in [-0.25, -0.2) is 13.8 Å². The molecule has 0 fully saturated rings. The highest BCUT2D eigenvalue weighted by Gasteiger charge is 2.21. The first-order valence-electron chi connectivity index (χ1n) is 11.0. The number of benzene rings is 2. The van der Waals surface area contributed by atoms with E-state index in [2.05, 4.69) is 10.3 Å². The molecule has 3 aromatic rings. The van der Waals surface area contributed by atoms with Crippen LogP contribution in [0.5, 0.6) is 11.5 Å². The Bertz CT molecular complexity index is 1190. The molecule has 37 heavy (non-hydrogen) atoms. The Hall–Kier alpha value is -4.54. The molecule has 1 N–H and O–H groups in total. The van der Waals surface area contributed by atoms with E-state index in [4.69, 9.17) is 18.9 Å². The van der Waals surface area contributed by atoms with Gasteiger partial charge in [-0.05, 0) is 35.4 Å². The number of rotatable bonds is 11. The molecule has 1 aromatic heterocycles. The maximum absolute atomic E-state index is 13.4. The second kappa shape index (κ2) is 13.0. The van der Waals surface area contributed by atoms with E-state index in [0.29, 0.717) is 11.1 Å². The van der Waals surface area contributed by atoms with Crippen LogP contribution in [0.2, 0.25) is 0 Å². The van der Waals surface area contributed by atoms with Crippen LogP contribution in [-0.2, 0) is 19.1 Å². The summed E-state index contributed by atoms with van der Waals surface area (Å²) in [6, 6.07) is 12.7. The lowest BCUT2D eigenvalue weighted by Crippen LogP contribution is -2.32. The van der Waals surface area contributed by atoms with Gasteiger partial charge in [0.25, 0.3) is 5.91 Å². The third-order valence-corrected chi connectivity index (χ3v) is 5.12. The molecule has 0 saturated carbocycles. The SMILES string of the molecule is COc1ccnc(C(=O)NCC(=O)OCC(c2ccc(F)cc2)c2ccc(F)cc2)c1OCOC(C)=O. The molecule has 11 heteroatoms. The van der Waals surface area contributed by atoms with Crippen molar-refractivity contribution in [2.75, 3.05) is 27.1 Å². The number of nitrogens with zero attached hydrogens (tertiary/aromatic N) is 1. The van der Waals surface area contributed by atoms with E-state index in [1.807, 2.05) is 0 Å². The van der Waals surface area contributed by atoms with Crippen LogP contribution in [0.1, 0.15) is 34.5 Å². The van der Waals surface area contributed by atoms with Gasteiger partial charge in [-0.1, -0.05) is 24.3 Å². The number of carbonyl (C=O) groups is 3. The molecule has 0 spiro atoms. The highest BCUT2D eigenvalue weighted by Crippen LogP contribution is 2.29. The quantitative estimate of drug-likeness (QED) is 0.306. The molecular weight excluding hydrogens is 490 g/mol. The fraction of sp³-hybridized carbons (Fsp3) is 0.231. The van der Waals surface area contributed by atoms with Crippen molar-refractivity contribution in [3.8, 4) is 11.5 Å². The Balaban J connectivity index is 1.65. The van der Waals surface area contributed by atoms with E-state index in [0.717, 1.165) is 0 Å². The first-order valence-corrected chi connectivity index (χ1v) is 11.0. The zero-order chi connectivity index (χ0) is 26.8. The molecule has 194 valence electrons. The van der Waals surface area contributed by atoms with E-state index < -0.39 is 48.7 Å². The Morgan fingerprint density at radius 1 is 0.919 bits per heavy atom. The van der Waals surface area contributed by atoms with Crippen molar-refractivity contribution in [1.82, 2.24) is 10.3 Å². The number of hydrogen-bond donors (Lipinski definition) is 1. The van der Waals surface area contributed by atoms with Gasteiger partial charge in [0.1, 0.15) is 24.8 Å². The molecule has 2 aromatic carbocycles. The third kappa shape index (κ3) is 7.72. The second-order valence-electron chi connectivity index (χ2n) is 7.61. The van der Waals surface area contributed by atoms with Gasteiger partial charge in [0.05, 0.1) is 7.11 Å². The maximum atomic E-state index is 13.4. The average Bonchev–Trinajstić information content (AvgIpc) is 2.89. The molecule has 0 radical (unpaired) electrons. The Morgan fingerprint density at radius 2 is 1.51 bits per heavy atom. The molecule has 0 unspecified atom stereocenters. The Morgan fingerprint density at radius 3 is 2.05 bits per heavy atom. The van der Waals surface area contributed by atoms with E-state index >= 15 is 0 Å². The van der Waals surface area contributed by atoms with Gasteiger partial charge >= 0.3 is 11.9 Å². The molecular formula is C26H24F2N2O7. The van der Waals surface area contributed by atoms with Gasteiger partial charge in [-0.2, -0.15) is 0 Å². The molecule has 0 aliphatic carbocycles. The highest BCUT2D eigenvalue weighted by molar-refractivity contribution is 5.97. The fourth-order valence-electron chi connectivity index (χ4n) is 3.30. The summed E-state index contributed by atoms with van der Waals surface area (Å²) in [5, 5.41) is 2.39. The first-order chi connectivity index (χ1) is 17.8. The monoisotopic (exact) mass is 514 g/mol. The van der Waals surface area contributed by atoms with E-state index in [1.54, 1.807) is 24.3 Å². The Kier molecular flexibility index (Phi) is 9.48. The smallest absolute Gasteiger partial charge is 0.325 e. The molecule has 0 atom stereocenters. The van der Waals surface area contributed by atoms with Crippen molar-refractivity contribution < 1.29 is 42.1 Å². The molecule has 0 bridgehead atoms. The minimum absolute atomic E-state index is 0.0789. The molecule has 0 aliphatic rings. The van der Waals surface area contributed by atoms with Gasteiger partial charge in [-0.15, -0.1) is 0 Å². The zero-order valence-corrected chi connectivity index (χ0v) is 20.0. The van der Waals surface area contributed by atoms with Crippen LogP contribution in [-0.4, -0.2) is 49.9 Å². The number of nitrogens with one attached hydrogen (secondary N) is 1. The summed E-state index contributed by atoms with van der Waals surface area (Å²) in [5.41, 5.74) is 1.11. The van der Waals surface area contributed by atoms with Gasteiger partial charge in [0, 0.05) is 25.1 Å². The number of halogens is 2. The molecule has 1 heterocycles. The highest BCUT2D eigenvalue weighted by atomic mass is 19.1. The normalized spacial score (nSPS) is 10.5. The summed E-state index contributed by atoms with van der Waals surface area (Å²) in [7, 11) is 1.35. The lowest BCUT2D eigenvalue weighted by atomic mass is 9.92. The molecule has 0 saturated heterocycles. The molecule has 0 aliphatic heterocycles. The topological polar surface area (TPSA) is 113 Å². The predicted octanol–water partition coefficient (Wildman–Crippen LogP) is 3.37. The largest absolute Gasteiger partial charge is 0.493 e. The van der Waals surface area contributed by atoms with E-state index in [1.165, 1.54) is 50.6 Å². The summed E-state index contributed by atoms with van der Waals surface area (Å²) in [4.78, 5) is 40.1. The summed E-state index contributed by atoms with van der Waals surface area (Å²) >= 11 is 0.